The highest BCUT2D eigenvalue weighted by Gasteiger charge is 2.20. The summed E-state index contributed by atoms with van der Waals surface area (Å²) in [5.74, 6) is -2.22. The van der Waals surface area contributed by atoms with Gasteiger partial charge in [0.2, 0.25) is 5.88 Å². The second-order valence-corrected chi connectivity index (χ2v) is 8.17. The van der Waals surface area contributed by atoms with E-state index in [4.69, 9.17) is 9.47 Å². The summed E-state index contributed by atoms with van der Waals surface area (Å²) in [4.78, 5) is 37.4. The van der Waals surface area contributed by atoms with E-state index in [0.29, 0.717) is 33.5 Å². The van der Waals surface area contributed by atoms with Crippen molar-refractivity contribution in [2.45, 2.75) is 6.54 Å². The normalized spacial score (nSPS) is 11.5. The molecule has 3 N–H and O–H groups in total. The van der Waals surface area contributed by atoms with Crippen molar-refractivity contribution in [3.8, 4) is 17.4 Å². The van der Waals surface area contributed by atoms with Crippen LogP contribution in [-0.2, 0) is 16.1 Å². The number of methoxy groups -OCH3 is 2. The summed E-state index contributed by atoms with van der Waals surface area (Å²) in [6.45, 7) is -0.520. The molecule has 0 fully saturated rings. The molecular weight excluding hydrogens is 504 g/mol. The molecule has 11 nitrogen and oxygen atoms in total. The van der Waals surface area contributed by atoms with E-state index in [9.17, 15) is 24.6 Å². The molecule has 0 bridgehead atoms. The lowest BCUT2D eigenvalue weighted by Gasteiger charge is -2.10. The molecule has 2 amide bonds. The van der Waals surface area contributed by atoms with E-state index >= 15 is 0 Å². The molecule has 198 valence electrons. The van der Waals surface area contributed by atoms with Crippen LogP contribution in [0.15, 0.2) is 88.7 Å². The Kier molecular flexibility index (Phi) is 8.00. The Morgan fingerprint density at radius 1 is 0.949 bits per heavy atom. The smallest absolute Gasteiger partial charge is 0.323 e. The van der Waals surface area contributed by atoms with Crippen molar-refractivity contribution in [1.82, 2.24) is 9.88 Å². The highest BCUT2D eigenvalue weighted by Crippen LogP contribution is 2.38. The Labute approximate surface area is 222 Å². The fourth-order valence-corrected chi connectivity index (χ4v) is 3.86. The van der Waals surface area contributed by atoms with E-state index in [1.54, 1.807) is 72.8 Å². The Hall–Kier alpha value is -5.45. The first-order valence-electron chi connectivity index (χ1n) is 11.6. The molecule has 0 unspecified atom stereocenters. The zero-order valence-electron chi connectivity index (χ0n) is 21.0. The number of hydrogen-bond donors (Lipinski definition) is 3. The lowest BCUT2D eigenvalue weighted by molar-refractivity contribution is -0.137. The monoisotopic (exact) mass is 528 g/mol. The number of aliphatic carboxylic acids is 1. The summed E-state index contributed by atoms with van der Waals surface area (Å²) in [5, 5.41) is 30.6. The minimum Gasteiger partial charge on any atom is -0.493 e. The number of fused-ring (bicyclic) bond motifs is 1. The van der Waals surface area contributed by atoms with Gasteiger partial charge < -0.3 is 25.0 Å². The lowest BCUT2D eigenvalue weighted by atomic mass is 10.1. The molecule has 0 spiro atoms. The van der Waals surface area contributed by atoms with Gasteiger partial charge in [-0.15, -0.1) is 10.2 Å². The van der Waals surface area contributed by atoms with Crippen LogP contribution in [-0.4, -0.2) is 46.8 Å². The highest BCUT2D eigenvalue weighted by atomic mass is 16.5. The quantitative estimate of drug-likeness (QED) is 0.213. The summed E-state index contributed by atoms with van der Waals surface area (Å²) in [6, 6.07) is 19.8. The second kappa shape index (κ2) is 11.7. The van der Waals surface area contributed by atoms with Crippen LogP contribution in [0.1, 0.15) is 15.9 Å². The van der Waals surface area contributed by atoms with E-state index in [2.05, 4.69) is 15.5 Å². The number of para-hydroxylation sites is 1. The first-order chi connectivity index (χ1) is 18.8. The number of rotatable bonds is 9. The van der Waals surface area contributed by atoms with Crippen LogP contribution >= 0.6 is 0 Å². The maximum absolute atomic E-state index is 13.2. The molecule has 1 aromatic heterocycles. The number of azo groups is 1. The van der Waals surface area contributed by atoms with Gasteiger partial charge >= 0.3 is 11.9 Å². The van der Waals surface area contributed by atoms with Crippen LogP contribution in [0.2, 0.25) is 0 Å². The van der Waals surface area contributed by atoms with Crippen molar-refractivity contribution >= 4 is 40.4 Å². The van der Waals surface area contributed by atoms with Gasteiger partial charge in [-0.1, -0.05) is 42.5 Å². The van der Waals surface area contributed by atoms with Crippen LogP contribution in [0, 0.1) is 0 Å². The minimum atomic E-state index is -1.17. The van der Waals surface area contributed by atoms with E-state index in [-0.39, 0.29) is 11.4 Å². The molecule has 3 aromatic carbocycles. The first kappa shape index (κ1) is 26.6. The molecule has 0 radical (unpaired) electrons. The van der Waals surface area contributed by atoms with E-state index in [1.807, 2.05) is 0 Å². The van der Waals surface area contributed by atoms with Crippen molar-refractivity contribution in [2.75, 3.05) is 14.2 Å². The van der Waals surface area contributed by atoms with Crippen molar-refractivity contribution in [2.24, 2.45) is 10.2 Å². The number of nitrogens with one attached hydrogen (secondary N) is 1. The van der Waals surface area contributed by atoms with Gasteiger partial charge in [0.05, 0.1) is 19.7 Å². The number of nitrogens with zero attached hydrogens (tertiary/aromatic N) is 3. The number of hydrogen-bond acceptors (Lipinski definition) is 7. The van der Waals surface area contributed by atoms with Crippen molar-refractivity contribution in [1.29, 1.82) is 0 Å². The summed E-state index contributed by atoms with van der Waals surface area (Å²) < 4.78 is 11.7. The van der Waals surface area contributed by atoms with E-state index < -0.39 is 30.2 Å². The lowest BCUT2D eigenvalue weighted by Crippen LogP contribution is -2.26. The van der Waals surface area contributed by atoms with Crippen LogP contribution in [0.5, 0.6) is 17.4 Å². The van der Waals surface area contributed by atoms with E-state index in [1.165, 1.54) is 20.3 Å². The molecule has 0 saturated carbocycles. The molecule has 0 saturated heterocycles. The minimum absolute atomic E-state index is 0.0833. The number of carboxylic acids is 1. The fourth-order valence-electron chi connectivity index (χ4n) is 3.86. The van der Waals surface area contributed by atoms with Gasteiger partial charge in [-0.05, 0) is 42.0 Å². The summed E-state index contributed by atoms with van der Waals surface area (Å²) in [5.41, 5.74) is 0.932. The molecule has 11 heteroatoms. The Morgan fingerprint density at radius 2 is 1.64 bits per heavy atom. The molecule has 0 atom stereocenters. The molecule has 39 heavy (non-hydrogen) atoms. The second-order valence-electron chi connectivity index (χ2n) is 8.17. The molecular formula is C28H24N4O7. The summed E-state index contributed by atoms with van der Waals surface area (Å²) in [7, 11) is 2.96. The summed E-state index contributed by atoms with van der Waals surface area (Å²) >= 11 is 0. The predicted octanol–water partition coefficient (Wildman–Crippen LogP) is 4.53. The number of carbonyl (C=O) groups excluding carboxylic acids is 2. The first-order valence-corrected chi connectivity index (χ1v) is 11.6. The molecule has 4 aromatic rings. The van der Waals surface area contributed by atoms with Crippen molar-refractivity contribution in [3.63, 3.8) is 0 Å². The molecule has 0 aliphatic carbocycles. The zero-order valence-corrected chi connectivity index (χ0v) is 21.0. The van der Waals surface area contributed by atoms with Gasteiger partial charge in [-0.3, -0.25) is 19.0 Å². The van der Waals surface area contributed by atoms with Crippen molar-refractivity contribution in [3.05, 3.63) is 89.6 Å². The molecule has 4 rings (SSSR count). The number of amides is 2. The van der Waals surface area contributed by atoms with Crippen LogP contribution in [0.3, 0.4) is 0 Å². The molecule has 0 aliphatic heterocycles. The molecule has 1 heterocycles. The topological polar surface area (TPSA) is 152 Å². The number of carboxylic acid groups (broad SMARTS) is 1. The van der Waals surface area contributed by atoms with Gasteiger partial charge in [0.1, 0.15) is 12.2 Å². The Morgan fingerprint density at radius 3 is 2.33 bits per heavy atom. The number of carbonyl (C=O) groups is 3. The number of aromatic hydroxyl groups is 1. The Bertz CT molecular complexity index is 1610. The van der Waals surface area contributed by atoms with Gasteiger partial charge in [-0.25, -0.2) is 0 Å². The average molecular weight is 529 g/mol. The van der Waals surface area contributed by atoms with Crippen LogP contribution < -0.4 is 14.8 Å². The maximum Gasteiger partial charge on any atom is 0.323 e. The van der Waals surface area contributed by atoms with Crippen LogP contribution in [0.25, 0.3) is 17.0 Å². The predicted molar refractivity (Wildman–Crippen MR) is 142 cm³/mol. The van der Waals surface area contributed by atoms with E-state index in [0.717, 1.165) is 4.57 Å². The number of benzene rings is 3. The highest BCUT2D eigenvalue weighted by molar-refractivity contribution is 6.06. The SMILES string of the molecule is COc1ccc(/C=C(/NC(=O)c2ccccc2)C(=O)N=Nc2c(O)n(CC(=O)O)c3ccccc23)cc1OC. The van der Waals surface area contributed by atoms with Crippen molar-refractivity contribution < 1.29 is 34.1 Å². The fraction of sp³-hybridized carbons (Fsp3) is 0.107. The van der Waals surface area contributed by atoms with Gasteiger partial charge in [0, 0.05) is 10.9 Å². The van der Waals surface area contributed by atoms with Crippen LogP contribution in [0.4, 0.5) is 5.69 Å². The average Bonchev–Trinajstić information content (AvgIpc) is 3.21. The third-order valence-electron chi connectivity index (χ3n) is 5.68. The van der Waals surface area contributed by atoms with Gasteiger partial charge in [0.25, 0.3) is 5.91 Å². The van der Waals surface area contributed by atoms with Gasteiger partial charge in [0.15, 0.2) is 17.2 Å². The Balaban J connectivity index is 1.73. The van der Waals surface area contributed by atoms with Gasteiger partial charge in [-0.2, -0.15) is 0 Å². The molecule has 0 aliphatic rings. The third kappa shape index (κ3) is 5.93. The number of ether oxygens (including phenoxy) is 2. The summed E-state index contributed by atoms with van der Waals surface area (Å²) in [6.07, 6.45) is 1.40. The largest absolute Gasteiger partial charge is 0.493 e. The number of aromatic nitrogens is 1. The maximum atomic E-state index is 13.2. The zero-order chi connectivity index (χ0) is 27.9. The third-order valence-corrected chi connectivity index (χ3v) is 5.68. The standard InChI is InChI=1S/C28H24N4O7/c1-38-22-13-12-17(15-23(22)39-2)14-20(29-26(35)18-8-4-3-5-9-18)27(36)31-30-25-19-10-6-7-11-21(19)32(28(25)37)16-24(33)34/h3-15,37H,16H2,1-2H3,(H,29,35)(H,33,34)/b20-14+,31-30?.